The normalized spacial score (nSPS) is 16.9. The van der Waals surface area contributed by atoms with Gasteiger partial charge in [0.25, 0.3) is 0 Å². The SMILES string of the molecule is COc1cc(C)cc(OC)c1[C@H](C(=O)O)N(C)CC1CCOCC1. The molecular formula is C18H27NO5. The number of carbonyl (C=O) groups is 1. The highest BCUT2D eigenvalue weighted by molar-refractivity contribution is 5.78. The van der Waals surface area contributed by atoms with Gasteiger partial charge in [0.2, 0.25) is 0 Å². The van der Waals surface area contributed by atoms with E-state index in [1.807, 2.05) is 31.0 Å². The summed E-state index contributed by atoms with van der Waals surface area (Å²) in [5.74, 6) is 0.606. The number of methoxy groups -OCH3 is 2. The highest BCUT2D eigenvalue weighted by Crippen LogP contribution is 2.38. The summed E-state index contributed by atoms with van der Waals surface area (Å²) in [4.78, 5) is 13.9. The first-order chi connectivity index (χ1) is 11.5. The number of nitrogens with zero attached hydrogens (tertiary/aromatic N) is 1. The lowest BCUT2D eigenvalue weighted by atomic mass is 9.96. The van der Waals surface area contributed by atoms with E-state index in [0.29, 0.717) is 29.5 Å². The van der Waals surface area contributed by atoms with Crippen LogP contribution < -0.4 is 9.47 Å². The van der Waals surface area contributed by atoms with Crippen molar-refractivity contribution in [3.8, 4) is 11.5 Å². The van der Waals surface area contributed by atoms with E-state index >= 15 is 0 Å². The van der Waals surface area contributed by atoms with Crippen LogP contribution in [0.1, 0.15) is 30.0 Å². The fourth-order valence-electron chi connectivity index (χ4n) is 3.31. The van der Waals surface area contributed by atoms with Gasteiger partial charge in [-0.2, -0.15) is 0 Å². The molecule has 0 unspecified atom stereocenters. The van der Waals surface area contributed by atoms with E-state index in [1.54, 1.807) is 14.2 Å². The van der Waals surface area contributed by atoms with Gasteiger partial charge in [-0.05, 0) is 50.4 Å². The molecule has 1 atom stereocenters. The summed E-state index contributed by atoms with van der Waals surface area (Å²) in [6, 6.07) is 2.87. The van der Waals surface area contributed by atoms with Gasteiger partial charge in [-0.3, -0.25) is 9.69 Å². The fraction of sp³-hybridized carbons (Fsp3) is 0.611. The lowest BCUT2D eigenvalue weighted by molar-refractivity contribution is -0.143. The van der Waals surface area contributed by atoms with Crippen molar-refractivity contribution in [1.82, 2.24) is 4.90 Å². The van der Waals surface area contributed by atoms with Gasteiger partial charge in [-0.1, -0.05) is 0 Å². The van der Waals surface area contributed by atoms with E-state index in [2.05, 4.69) is 0 Å². The molecule has 0 spiro atoms. The van der Waals surface area contributed by atoms with E-state index in [0.717, 1.165) is 31.6 Å². The number of hydrogen-bond acceptors (Lipinski definition) is 5. The molecule has 0 aromatic heterocycles. The molecule has 6 heteroatoms. The second-order valence-corrected chi connectivity index (χ2v) is 6.32. The third-order valence-corrected chi connectivity index (χ3v) is 4.52. The average Bonchev–Trinajstić information content (AvgIpc) is 2.56. The second-order valence-electron chi connectivity index (χ2n) is 6.32. The first kappa shape index (κ1) is 18.5. The molecule has 0 aliphatic carbocycles. The standard InChI is InChI=1S/C18H27NO5/c1-12-9-14(22-3)16(15(10-12)23-4)17(18(20)21)19(2)11-13-5-7-24-8-6-13/h9-10,13,17H,5-8,11H2,1-4H3,(H,20,21)/t17-/m1/s1. The van der Waals surface area contributed by atoms with E-state index in [4.69, 9.17) is 14.2 Å². The van der Waals surface area contributed by atoms with Gasteiger partial charge in [-0.25, -0.2) is 0 Å². The van der Waals surface area contributed by atoms with E-state index < -0.39 is 12.0 Å². The lowest BCUT2D eigenvalue weighted by Gasteiger charge is -2.32. The number of rotatable bonds is 7. The van der Waals surface area contributed by atoms with Crippen molar-refractivity contribution in [2.45, 2.75) is 25.8 Å². The van der Waals surface area contributed by atoms with Crippen molar-refractivity contribution < 1.29 is 24.1 Å². The highest BCUT2D eigenvalue weighted by Gasteiger charge is 2.32. The summed E-state index contributed by atoms with van der Waals surface area (Å²) in [5, 5.41) is 9.86. The third-order valence-electron chi connectivity index (χ3n) is 4.52. The largest absolute Gasteiger partial charge is 0.496 e. The number of likely N-dealkylation sites (N-methyl/N-ethyl adjacent to an activating group) is 1. The quantitative estimate of drug-likeness (QED) is 0.824. The zero-order valence-electron chi connectivity index (χ0n) is 14.9. The molecule has 0 bridgehead atoms. The molecule has 1 aromatic carbocycles. The first-order valence-electron chi connectivity index (χ1n) is 8.21. The van der Waals surface area contributed by atoms with Gasteiger partial charge in [0, 0.05) is 19.8 Å². The summed E-state index contributed by atoms with van der Waals surface area (Å²) >= 11 is 0. The van der Waals surface area contributed by atoms with Crippen molar-refractivity contribution in [2.24, 2.45) is 5.92 Å². The van der Waals surface area contributed by atoms with E-state index in [9.17, 15) is 9.90 Å². The van der Waals surface area contributed by atoms with E-state index in [1.165, 1.54) is 0 Å². The minimum Gasteiger partial charge on any atom is -0.496 e. The van der Waals surface area contributed by atoms with Crippen LogP contribution in [0.4, 0.5) is 0 Å². The maximum Gasteiger partial charge on any atom is 0.325 e. The molecule has 1 saturated heterocycles. The highest BCUT2D eigenvalue weighted by atomic mass is 16.5. The van der Waals surface area contributed by atoms with Gasteiger partial charge < -0.3 is 19.3 Å². The smallest absolute Gasteiger partial charge is 0.325 e. The van der Waals surface area contributed by atoms with Crippen LogP contribution in [0.3, 0.4) is 0 Å². The van der Waals surface area contributed by atoms with Crippen LogP contribution in [0.25, 0.3) is 0 Å². The van der Waals surface area contributed by atoms with Gasteiger partial charge >= 0.3 is 5.97 Å². The summed E-state index contributed by atoms with van der Waals surface area (Å²) in [7, 11) is 4.94. The molecule has 6 nitrogen and oxygen atoms in total. The lowest BCUT2D eigenvalue weighted by Crippen LogP contribution is -2.36. The predicted octanol–water partition coefficient (Wildman–Crippen LogP) is 2.50. The Morgan fingerprint density at radius 2 is 1.83 bits per heavy atom. The third kappa shape index (κ3) is 4.19. The summed E-state index contributed by atoms with van der Waals surface area (Å²) in [6.07, 6.45) is 1.91. The molecule has 1 N–H and O–H groups in total. The van der Waals surface area contributed by atoms with Gasteiger partial charge in [0.1, 0.15) is 17.5 Å². The van der Waals surface area contributed by atoms with Gasteiger partial charge in [-0.15, -0.1) is 0 Å². The molecule has 1 fully saturated rings. The second kappa shape index (κ2) is 8.35. The Hall–Kier alpha value is -1.79. The van der Waals surface area contributed by atoms with Crippen LogP contribution in [0.2, 0.25) is 0 Å². The Kier molecular flexibility index (Phi) is 6.45. The van der Waals surface area contributed by atoms with Crippen molar-refractivity contribution in [1.29, 1.82) is 0 Å². The molecule has 1 heterocycles. The van der Waals surface area contributed by atoms with Crippen LogP contribution in [0.5, 0.6) is 11.5 Å². The average molecular weight is 337 g/mol. The Bertz CT molecular complexity index is 544. The van der Waals surface area contributed by atoms with Crippen LogP contribution >= 0.6 is 0 Å². The molecule has 134 valence electrons. The molecule has 1 aliphatic rings. The number of hydrogen-bond donors (Lipinski definition) is 1. The maximum absolute atomic E-state index is 12.0. The number of carboxylic acid groups (broad SMARTS) is 1. The van der Waals surface area contributed by atoms with Crippen LogP contribution in [0, 0.1) is 12.8 Å². The monoisotopic (exact) mass is 337 g/mol. The predicted molar refractivity (Wildman–Crippen MR) is 90.8 cm³/mol. The number of aryl methyl sites for hydroxylation is 1. The first-order valence-corrected chi connectivity index (χ1v) is 8.21. The molecular weight excluding hydrogens is 310 g/mol. The minimum absolute atomic E-state index is 0.438. The maximum atomic E-state index is 12.0. The summed E-state index contributed by atoms with van der Waals surface area (Å²) in [6.45, 7) is 4.11. The van der Waals surface area contributed by atoms with E-state index in [-0.39, 0.29) is 0 Å². The summed E-state index contributed by atoms with van der Waals surface area (Å²) in [5.41, 5.74) is 1.52. The van der Waals surface area contributed by atoms with Crippen molar-refractivity contribution in [3.05, 3.63) is 23.3 Å². The Morgan fingerprint density at radius 1 is 1.29 bits per heavy atom. The molecule has 24 heavy (non-hydrogen) atoms. The Morgan fingerprint density at radius 3 is 2.29 bits per heavy atom. The Labute approximate surface area is 143 Å². The number of ether oxygens (including phenoxy) is 3. The van der Waals surface area contributed by atoms with Crippen molar-refractivity contribution >= 4 is 5.97 Å². The zero-order chi connectivity index (χ0) is 17.7. The molecule has 0 amide bonds. The summed E-state index contributed by atoms with van der Waals surface area (Å²) < 4.78 is 16.3. The van der Waals surface area contributed by atoms with Crippen molar-refractivity contribution in [2.75, 3.05) is 41.0 Å². The molecule has 0 radical (unpaired) electrons. The minimum atomic E-state index is -0.912. The van der Waals surface area contributed by atoms with Crippen LogP contribution in [-0.4, -0.2) is 57.0 Å². The molecule has 1 aliphatic heterocycles. The number of carboxylic acids is 1. The molecule has 1 aromatic rings. The van der Waals surface area contributed by atoms with Crippen molar-refractivity contribution in [3.63, 3.8) is 0 Å². The van der Waals surface area contributed by atoms with Crippen LogP contribution in [-0.2, 0) is 9.53 Å². The van der Waals surface area contributed by atoms with Gasteiger partial charge in [0.15, 0.2) is 0 Å². The van der Waals surface area contributed by atoms with Gasteiger partial charge in [0.05, 0.1) is 19.8 Å². The molecule has 0 saturated carbocycles. The topological polar surface area (TPSA) is 68.2 Å². The molecule has 2 rings (SSSR count). The Balaban J connectivity index is 2.34. The number of benzene rings is 1. The fourth-order valence-corrected chi connectivity index (χ4v) is 3.31. The zero-order valence-corrected chi connectivity index (χ0v) is 14.9. The van der Waals surface area contributed by atoms with Crippen LogP contribution in [0.15, 0.2) is 12.1 Å². The number of aliphatic carboxylic acids is 1.